The van der Waals surface area contributed by atoms with E-state index in [2.05, 4.69) is 6.08 Å². The van der Waals surface area contributed by atoms with Gasteiger partial charge < -0.3 is 5.11 Å². The van der Waals surface area contributed by atoms with E-state index in [-0.39, 0.29) is 28.7 Å². The van der Waals surface area contributed by atoms with Gasteiger partial charge in [-0.2, -0.15) is 0 Å². The van der Waals surface area contributed by atoms with Gasteiger partial charge in [-0.15, -0.1) is 0 Å². The van der Waals surface area contributed by atoms with Crippen LogP contribution in [0.4, 0.5) is 8.78 Å². The van der Waals surface area contributed by atoms with Gasteiger partial charge in [0, 0.05) is 31.2 Å². The van der Waals surface area contributed by atoms with E-state index in [4.69, 9.17) is 11.6 Å². The molecule has 0 unspecified atom stereocenters. The first-order chi connectivity index (χ1) is 12.5. The number of phenolic OH excluding ortho intramolecular Hbond substituents is 1. The molecule has 0 spiro atoms. The molecule has 4 nitrogen and oxygen atoms in total. The van der Waals surface area contributed by atoms with Crippen LogP contribution < -0.4 is 0 Å². The Balaban J connectivity index is 1.81. The number of benzene rings is 1. The third-order valence-electron chi connectivity index (χ3n) is 5.43. The van der Waals surface area contributed by atoms with Crippen molar-refractivity contribution < 1.29 is 27.1 Å². The fraction of sp³-hybridized carbons (Fsp3) is 0.526. The number of carbonyl (C=O) groups is 1. The number of rotatable bonds is 6. The lowest BCUT2D eigenvalue weighted by Gasteiger charge is -2.34. The Bertz CT molecular complexity index is 901. The Morgan fingerprint density at radius 2 is 2.00 bits per heavy atom. The lowest BCUT2D eigenvalue weighted by molar-refractivity contribution is -0.119. The highest BCUT2D eigenvalue weighted by Gasteiger charge is 2.52. The van der Waals surface area contributed by atoms with E-state index >= 15 is 0 Å². The third kappa shape index (κ3) is 4.04. The van der Waals surface area contributed by atoms with E-state index in [0.29, 0.717) is 6.42 Å². The van der Waals surface area contributed by atoms with Crippen LogP contribution in [-0.4, -0.2) is 30.5 Å². The van der Waals surface area contributed by atoms with Gasteiger partial charge in [0.05, 0.1) is 10.3 Å². The summed E-state index contributed by atoms with van der Waals surface area (Å²) >= 11 is 5.96. The molecule has 0 bridgehead atoms. The van der Waals surface area contributed by atoms with E-state index in [1.54, 1.807) is 0 Å². The van der Waals surface area contributed by atoms with Crippen LogP contribution in [0.2, 0.25) is 5.02 Å². The van der Waals surface area contributed by atoms with Crippen molar-refractivity contribution in [3.05, 3.63) is 34.4 Å². The topological polar surface area (TPSA) is 71.4 Å². The van der Waals surface area contributed by atoms with Gasteiger partial charge in [0.15, 0.2) is 9.84 Å². The van der Waals surface area contributed by atoms with Crippen LogP contribution in [0.3, 0.4) is 0 Å². The van der Waals surface area contributed by atoms with Gasteiger partial charge in [-0.05, 0) is 31.7 Å². The maximum absolute atomic E-state index is 13.1. The number of carbonyl (C=O) groups excluding carboxylic acids is 1. The number of ketones is 1. The average molecular weight is 419 g/mol. The second kappa shape index (κ2) is 7.17. The molecule has 0 radical (unpaired) electrons. The molecule has 1 saturated carbocycles. The zero-order valence-corrected chi connectivity index (χ0v) is 16.4. The molecule has 8 heteroatoms. The van der Waals surface area contributed by atoms with Crippen LogP contribution in [0.15, 0.2) is 28.7 Å². The van der Waals surface area contributed by atoms with E-state index in [0.717, 1.165) is 18.4 Å². The smallest absolute Gasteiger partial charge is 0.250 e. The predicted molar refractivity (Wildman–Crippen MR) is 98.1 cm³/mol. The van der Waals surface area contributed by atoms with Gasteiger partial charge in [0.1, 0.15) is 16.4 Å². The highest BCUT2D eigenvalue weighted by Crippen LogP contribution is 2.46. The molecule has 0 aromatic heterocycles. The van der Waals surface area contributed by atoms with Gasteiger partial charge in [0.25, 0.3) is 5.92 Å². The lowest BCUT2D eigenvalue weighted by atomic mass is 9.93. The Labute approximate surface area is 162 Å². The summed E-state index contributed by atoms with van der Waals surface area (Å²) in [6.07, 6.45) is 2.54. The first-order valence-corrected chi connectivity index (χ1v) is 10.7. The fourth-order valence-corrected chi connectivity index (χ4v) is 6.20. The van der Waals surface area contributed by atoms with Crippen molar-refractivity contribution in [2.24, 2.45) is 5.92 Å². The molecule has 1 N–H and O–H groups in total. The average Bonchev–Trinajstić information content (AvgIpc) is 2.92. The van der Waals surface area contributed by atoms with Crippen LogP contribution in [0.25, 0.3) is 0 Å². The van der Waals surface area contributed by atoms with E-state index < -0.39 is 44.5 Å². The minimum Gasteiger partial charge on any atom is -0.506 e. The Kier molecular flexibility index (Phi) is 5.38. The summed E-state index contributed by atoms with van der Waals surface area (Å²) < 4.78 is 51.5. The number of alkyl halides is 2. The minimum absolute atomic E-state index is 0.120. The van der Waals surface area contributed by atoms with Crippen molar-refractivity contribution in [3.8, 4) is 5.75 Å². The van der Waals surface area contributed by atoms with Crippen LogP contribution in [-0.2, 0) is 21.1 Å². The summed E-state index contributed by atoms with van der Waals surface area (Å²) in [5.41, 5.74) is 1.31. The maximum atomic E-state index is 13.1. The third-order valence-corrected chi connectivity index (χ3v) is 8.05. The number of aromatic hydroxyl groups is 1. The summed E-state index contributed by atoms with van der Waals surface area (Å²) in [7, 11) is -4.21. The highest BCUT2D eigenvalue weighted by atomic mass is 35.5. The fourth-order valence-electron chi connectivity index (χ4n) is 3.72. The quantitative estimate of drug-likeness (QED) is 0.691. The van der Waals surface area contributed by atoms with Gasteiger partial charge in [-0.25, -0.2) is 17.2 Å². The largest absolute Gasteiger partial charge is 0.506 e. The molecule has 3 rings (SSSR count). The number of halogens is 3. The van der Waals surface area contributed by atoms with Crippen molar-refractivity contribution in [1.29, 1.82) is 0 Å². The Morgan fingerprint density at radius 1 is 1.33 bits per heavy atom. The summed E-state index contributed by atoms with van der Waals surface area (Å²) in [5.74, 6) is -3.57. The summed E-state index contributed by atoms with van der Waals surface area (Å²) in [4.78, 5) is 11.8. The van der Waals surface area contributed by atoms with Crippen molar-refractivity contribution in [2.45, 2.75) is 61.5 Å². The van der Waals surface area contributed by atoms with Gasteiger partial charge in [-0.3, -0.25) is 4.79 Å². The van der Waals surface area contributed by atoms with Crippen molar-refractivity contribution in [3.63, 3.8) is 0 Å². The molecular weight excluding hydrogens is 398 g/mol. The van der Waals surface area contributed by atoms with Crippen LogP contribution >= 0.6 is 11.6 Å². The number of allylic oxidation sites excluding steroid dienone is 2. The lowest BCUT2D eigenvalue weighted by Crippen LogP contribution is -2.44. The number of Topliss-reactive ketones (excluding diaryl/α,β-unsaturated/α-hetero) is 1. The normalized spacial score (nSPS) is 22.4. The molecule has 1 aromatic rings. The second-order valence-corrected chi connectivity index (χ2v) is 10.0. The van der Waals surface area contributed by atoms with Gasteiger partial charge in [-0.1, -0.05) is 29.3 Å². The highest BCUT2D eigenvalue weighted by molar-refractivity contribution is 7.92. The molecule has 0 aliphatic heterocycles. The molecule has 2 aliphatic carbocycles. The second-order valence-electron chi connectivity index (χ2n) is 7.46. The maximum Gasteiger partial charge on any atom is 0.250 e. The number of hydrogen-bond donors (Lipinski definition) is 1. The molecule has 1 fully saturated rings. The van der Waals surface area contributed by atoms with E-state index in [1.165, 1.54) is 12.1 Å². The zero-order valence-electron chi connectivity index (χ0n) is 14.8. The number of hydrogen-bond acceptors (Lipinski definition) is 4. The first kappa shape index (κ1) is 20.3. The zero-order chi connectivity index (χ0) is 20.0. The standard InChI is InChI=1S/C19H21ClF2O4S/c1-11-3-2-4-12(11)7-14(23)8-13-5-6-16(20)18(17(13)24)27(25,26)15-9-19(21,22)10-15/h3,5-6,12,15,24H,2,4,7-10H2,1H3/t12-/m0/s1. The molecule has 1 atom stereocenters. The molecule has 0 amide bonds. The Morgan fingerprint density at radius 3 is 2.56 bits per heavy atom. The van der Waals surface area contributed by atoms with E-state index in [1.807, 2.05) is 6.92 Å². The van der Waals surface area contributed by atoms with E-state index in [9.17, 15) is 27.1 Å². The van der Waals surface area contributed by atoms with Crippen LogP contribution in [0.1, 0.15) is 44.6 Å². The molecule has 0 heterocycles. The number of phenols is 1. The first-order valence-electron chi connectivity index (χ1n) is 8.81. The molecule has 0 saturated heterocycles. The predicted octanol–water partition coefficient (Wildman–Crippen LogP) is 4.48. The van der Waals surface area contributed by atoms with Crippen LogP contribution in [0, 0.1) is 5.92 Å². The molecule has 148 valence electrons. The summed E-state index contributed by atoms with van der Waals surface area (Å²) in [6.45, 7) is 1.98. The minimum atomic E-state index is -4.21. The van der Waals surface area contributed by atoms with Gasteiger partial charge in [0.2, 0.25) is 0 Å². The Hall–Kier alpha value is -1.47. The van der Waals surface area contributed by atoms with Gasteiger partial charge >= 0.3 is 0 Å². The monoisotopic (exact) mass is 418 g/mol. The molecule has 27 heavy (non-hydrogen) atoms. The van der Waals surface area contributed by atoms with Crippen molar-refractivity contribution >= 4 is 27.2 Å². The summed E-state index contributed by atoms with van der Waals surface area (Å²) in [5, 5.41) is 8.94. The molecule has 1 aromatic carbocycles. The summed E-state index contributed by atoms with van der Waals surface area (Å²) in [6, 6.07) is 2.69. The molecule has 2 aliphatic rings. The molecular formula is C19H21ClF2O4S. The number of sulfone groups is 1. The SMILES string of the molecule is CC1=CCC[C@H]1CC(=O)Cc1ccc(Cl)c(S(=O)(=O)C2CC(F)(F)C2)c1O. The van der Waals surface area contributed by atoms with Crippen LogP contribution in [0.5, 0.6) is 5.75 Å². The van der Waals surface area contributed by atoms with Crippen molar-refractivity contribution in [1.82, 2.24) is 0 Å². The van der Waals surface area contributed by atoms with Crippen molar-refractivity contribution in [2.75, 3.05) is 0 Å².